The third-order valence-electron chi connectivity index (χ3n) is 5.95. The van der Waals surface area contributed by atoms with Crippen LogP contribution in [0.3, 0.4) is 0 Å². The van der Waals surface area contributed by atoms with Gasteiger partial charge >= 0.3 is 6.09 Å². The molecule has 8 heteroatoms. The summed E-state index contributed by atoms with van der Waals surface area (Å²) in [4.78, 5) is 41.9. The number of rotatable bonds is 6. The van der Waals surface area contributed by atoms with Crippen LogP contribution in [-0.2, 0) is 6.54 Å². The summed E-state index contributed by atoms with van der Waals surface area (Å²) in [7, 11) is 0. The van der Waals surface area contributed by atoms with Crippen LogP contribution in [0.5, 0.6) is 5.75 Å². The summed E-state index contributed by atoms with van der Waals surface area (Å²) in [5.74, 6) is 0.0979. The zero-order chi connectivity index (χ0) is 25.8. The van der Waals surface area contributed by atoms with Gasteiger partial charge in [-0.15, -0.1) is 0 Å². The lowest BCUT2D eigenvalue weighted by molar-refractivity contribution is 0.197. The molecule has 5 rings (SSSR count). The van der Waals surface area contributed by atoms with Crippen molar-refractivity contribution in [2.24, 2.45) is 0 Å². The molecule has 3 aromatic carbocycles. The van der Waals surface area contributed by atoms with E-state index in [-0.39, 0.29) is 16.7 Å². The molecule has 0 aliphatic rings. The number of carbonyl (C=O) groups excluding carboxylic acids is 1. The highest BCUT2D eigenvalue weighted by atomic mass is 35.5. The number of hydrogen-bond donors (Lipinski definition) is 2. The van der Waals surface area contributed by atoms with E-state index in [4.69, 9.17) is 16.3 Å². The van der Waals surface area contributed by atoms with Crippen LogP contribution in [-0.4, -0.2) is 15.6 Å². The Balaban J connectivity index is 1.40. The summed E-state index contributed by atoms with van der Waals surface area (Å²) >= 11 is 6.06. The highest BCUT2D eigenvalue weighted by molar-refractivity contribution is 6.31. The van der Waals surface area contributed by atoms with Crippen molar-refractivity contribution in [2.45, 2.75) is 12.6 Å². The van der Waals surface area contributed by atoms with Gasteiger partial charge in [-0.05, 0) is 35.4 Å². The van der Waals surface area contributed by atoms with Crippen molar-refractivity contribution in [3.63, 3.8) is 0 Å². The molecule has 0 fully saturated rings. The lowest BCUT2D eigenvalue weighted by atomic mass is 9.98. The molecule has 0 saturated carbocycles. The number of ether oxygens (including phenoxy) is 1. The number of aromatic amines is 1. The summed E-state index contributed by atoms with van der Waals surface area (Å²) < 4.78 is 6.95. The van der Waals surface area contributed by atoms with Crippen LogP contribution in [0.2, 0.25) is 5.02 Å². The number of halogens is 1. The number of fused-ring (bicyclic) bond motifs is 1. The third-order valence-corrected chi connectivity index (χ3v) is 6.19. The van der Waals surface area contributed by atoms with Gasteiger partial charge in [0.15, 0.2) is 5.43 Å². The number of amides is 1. The Morgan fingerprint density at radius 2 is 1.68 bits per heavy atom. The molecule has 2 heterocycles. The Bertz CT molecular complexity index is 1680. The van der Waals surface area contributed by atoms with Crippen molar-refractivity contribution < 1.29 is 9.53 Å². The van der Waals surface area contributed by atoms with E-state index in [9.17, 15) is 14.4 Å². The van der Waals surface area contributed by atoms with Gasteiger partial charge in [-0.25, -0.2) is 4.79 Å². The summed E-state index contributed by atoms with van der Waals surface area (Å²) in [6.07, 6.45) is 2.33. The van der Waals surface area contributed by atoms with Crippen LogP contribution >= 0.6 is 11.6 Å². The molecule has 0 aliphatic carbocycles. The summed E-state index contributed by atoms with van der Waals surface area (Å²) in [6.45, 7) is 0.401. The van der Waals surface area contributed by atoms with Gasteiger partial charge in [0.2, 0.25) is 0 Å². The minimum absolute atomic E-state index is 0.0979. The fraction of sp³-hybridized carbons (Fsp3) is 0.0690. The Labute approximate surface area is 216 Å². The minimum Gasteiger partial charge on any atom is -0.410 e. The van der Waals surface area contributed by atoms with Crippen LogP contribution in [0.15, 0.2) is 113 Å². The van der Waals surface area contributed by atoms with E-state index in [2.05, 4.69) is 10.3 Å². The molecule has 1 unspecified atom stereocenters. The van der Waals surface area contributed by atoms with Crippen molar-refractivity contribution >= 4 is 28.6 Å². The molecule has 2 aromatic heterocycles. The first kappa shape index (κ1) is 24.1. The maximum Gasteiger partial charge on any atom is 0.413 e. The monoisotopic (exact) mass is 511 g/mol. The van der Waals surface area contributed by atoms with Crippen LogP contribution in [0.4, 0.5) is 4.79 Å². The number of benzene rings is 3. The van der Waals surface area contributed by atoms with E-state index in [0.717, 1.165) is 5.56 Å². The van der Waals surface area contributed by atoms with E-state index < -0.39 is 12.1 Å². The molecule has 0 bridgehead atoms. The second kappa shape index (κ2) is 10.6. The van der Waals surface area contributed by atoms with Crippen molar-refractivity contribution in [1.29, 1.82) is 0 Å². The van der Waals surface area contributed by atoms with Crippen molar-refractivity contribution in [1.82, 2.24) is 14.9 Å². The lowest BCUT2D eigenvalue weighted by Gasteiger charge is -2.19. The van der Waals surface area contributed by atoms with E-state index in [0.29, 0.717) is 33.6 Å². The maximum atomic E-state index is 13.3. The lowest BCUT2D eigenvalue weighted by Crippen LogP contribution is -2.34. The average molecular weight is 512 g/mol. The highest BCUT2D eigenvalue weighted by Crippen LogP contribution is 2.22. The number of nitrogens with one attached hydrogen (secondary N) is 2. The van der Waals surface area contributed by atoms with Gasteiger partial charge in [-0.3, -0.25) is 9.59 Å². The molecule has 0 saturated heterocycles. The highest BCUT2D eigenvalue weighted by Gasteiger charge is 2.22. The molecule has 1 amide bonds. The van der Waals surface area contributed by atoms with E-state index >= 15 is 0 Å². The van der Waals surface area contributed by atoms with Gasteiger partial charge in [0.1, 0.15) is 5.75 Å². The van der Waals surface area contributed by atoms with Gasteiger partial charge in [0.25, 0.3) is 5.56 Å². The fourth-order valence-electron chi connectivity index (χ4n) is 4.13. The van der Waals surface area contributed by atoms with E-state index in [1.54, 1.807) is 48.8 Å². The van der Waals surface area contributed by atoms with Crippen LogP contribution in [0.1, 0.15) is 22.7 Å². The number of pyridine rings is 2. The van der Waals surface area contributed by atoms with Crippen LogP contribution in [0, 0.1) is 0 Å². The zero-order valence-electron chi connectivity index (χ0n) is 19.6. The number of aromatic nitrogens is 2. The van der Waals surface area contributed by atoms with Crippen LogP contribution in [0.25, 0.3) is 10.9 Å². The molecule has 5 aromatic rings. The standard InChI is InChI=1S/C29H22ClN3O4/c30-21-11-12-23-25(15-21)31-17-24(28(23)35)27(20-9-5-2-6-10-20)32-29(36)37-22-13-14-33(26(34)16-22)18-19-7-3-1-4-8-19/h1-17,27H,18H2,(H,31,35)(H,32,36). The van der Waals surface area contributed by atoms with Gasteiger partial charge < -0.3 is 19.6 Å². The molecule has 184 valence electrons. The molecular formula is C29H22ClN3O4. The third kappa shape index (κ3) is 5.47. The Morgan fingerprint density at radius 1 is 0.946 bits per heavy atom. The first-order valence-electron chi connectivity index (χ1n) is 11.6. The van der Waals surface area contributed by atoms with E-state index in [1.165, 1.54) is 10.6 Å². The number of nitrogens with zero attached hydrogens (tertiary/aromatic N) is 1. The SMILES string of the molecule is O=C(NC(c1ccccc1)c1c[nH]c2cc(Cl)ccc2c1=O)Oc1ccn(Cc2ccccc2)c(=O)c1. The average Bonchev–Trinajstić information content (AvgIpc) is 2.90. The zero-order valence-corrected chi connectivity index (χ0v) is 20.3. The van der Waals surface area contributed by atoms with Crippen LogP contribution < -0.4 is 21.0 Å². The number of hydrogen-bond acceptors (Lipinski definition) is 4. The van der Waals surface area contributed by atoms with Crippen molar-refractivity contribution in [2.75, 3.05) is 0 Å². The second-order valence-electron chi connectivity index (χ2n) is 8.45. The smallest absolute Gasteiger partial charge is 0.410 e. The summed E-state index contributed by atoms with van der Waals surface area (Å²) in [6, 6.07) is 25.6. The Kier molecular flexibility index (Phi) is 6.87. The molecule has 0 aliphatic heterocycles. The second-order valence-corrected chi connectivity index (χ2v) is 8.89. The predicted molar refractivity (Wildman–Crippen MR) is 143 cm³/mol. The van der Waals surface area contributed by atoms with Gasteiger partial charge in [0.05, 0.1) is 18.1 Å². The molecular weight excluding hydrogens is 490 g/mol. The quantitative estimate of drug-likeness (QED) is 0.325. The Hall–Kier alpha value is -4.62. The van der Waals surface area contributed by atoms with Gasteiger partial charge in [-0.1, -0.05) is 72.3 Å². The number of carbonyl (C=O) groups is 1. The molecule has 2 N–H and O–H groups in total. The molecule has 0 spiro atoms. The fourth-order valence-corrected chi connectivity index (χ4v) is 4.30. The largest absolute Gasteiger partial charge is 0.413 e. The van der Waals surface area contributed by atoms with E-state index in [1.807, 2.05) is 48.5 Å². The minimum atomic E-state index is -0.801. The predicted octanol–water partition coefficient (Wildman–Crippen LogP) is 5.27. The van der Waals surface area contributed by atoms with Crippen molar-refractivity contribution in [3.8, 4) is 5.75 Å². The molecule has 37 heavy (non-hydrogen) atoms. The van der Waals surface area contributed by atoms with Crippen molar-refractivity contribution in [3.05, 3.63) is 146 Å². The first-order valence-corrected chi connectivity index (χ1v) is 11.9. The maximum absolute atomic E-state index is 13.3. The molecule has 1 atom stereocenters. The number of H-pyrrole nitrogens is 1. The Morgan fingerprint density at radius 3 is 2.41 bits per heavy atom. The molecule has 0 radical (unpaired) electrons. The topological polar surface area (TPSA) is 93.2 Å². The normalized spacial score (nSPS) is 11.7. The summed E-state index contributed by atoms with van der Waals surface area (Å²) in [5, 5.41) is 3.72. The van der Waals surface area contributed by atoms with Gasteiger partial charge in [-0.2, -0.15) is 0 Å². The first-order chi connectivity index (χ1) is 18.0. The van der Waals surface area contributed by atoms with Gasteiger partial charge in [0, 0.05) is 34.4 Å². The summed E-state index contributed by atoms with van der Waals surface area (Å²) in [5.41, 5.74) is 2.03. The molecule has 7 nitrogen and oxygen atoms in total.